The van der Waals surface area contributed by atoms with Crippen LogP contribution in [0.1, 0.15) is 39.5 Å². The van der Waals surface area contributed by atoms with E-state index in [1.165, 1.54) is 12.1 Å². The molecule has 1 N–H and O–H groups in total. The molecule has 23 heavy (non-hydrogen) atoms. The molecule has 0 aromatic heterocycles. The average molecular weight is 360 g/mol. The second-order valence-electron chi connectivity index (χ2n) is 7.30. The van der Waals surface area contributed by atoms with Crippen LogP contribution >= 0.6 is 0 Å². The summed E-state index contributed by atoms with van der Waals surface area (Å²) in [5, 5.41) is 3.32. The molecule has 0 saturated heterocycles. The van der Waals surface area contributed by atoms with Crippen molar-refractivity contribution in [3.05, 3.63) is 18.2 Å². The Kier molecular flexibility index (Phi) is 4.84. The lowest BCUT2D eigenvalue weighted by Crippen LogP contribution is -2.32. The Labute approximate surface area is 139 Å². The SMILES string of the molecule is CC1(C)CCCC(Nc2ccc(S(C)(=O)=O)cc2S(C)(=O)=O)C1. The predicted octanol–water partition coefficient (Wildman–Crippen LogP) is 2.87. The highest BCUT2D eigenvalue weighted by molar-refractivity contribution is 7.91. The van der Waals surface area contributed by atoms with Gasteiger partial charge in [-0.1, -0.05) is 20.3 Å². The van der Waals surface area contributed by atoms with Gasteiger partial charge in [0, 0.05) is 18.6 Å². The van der Waals surface area contributed by atoms with Crippen LogP contribution in [-0.4, -0.2) is 35.4 Å². The lowest BCUT2D eigenvalue weighted by Gasteiger charge is -2.36. The van der Waals surface area contributed by atoms with Crippen LogP contribution in [-0.2, 0) is 19.7 Å². The van der Waals surface area contributed by atoms with E-state index < -0.39 is 19.7 Å². The summed E-state index contributed by atoms with van der Waals surface area (Å²) < 4.78 is 47.5. The predicted molar refractivity (Wildman–Crippen MR) is 92.3 cm³/mol. The minimum atomic E-state index is -3.52. The van der Waals surface area contributed by atoms with Crippen molar-refractivity contribution in [2.75, 3.05) is 17.8 Å². The molecule has 1 aliphatic rings. The minimum Gasteiger partial charge on any atom is -0.381 e. The van der Waals surface area contributed by atoms with E-state index in [4.69, 9.17) is 0 Å². The minimum absolute atomic E-state index is 0.0208. The molecule has 1 aliphatic carbocycles. The zero-order valence-electron chi connectivity index (χ0n) is 14.1. The van der Waals surface area contributed by atoms with E-state index in [9.17, 15) is 16.8 Å². The first-order chi connectivity index (χ1) is 10.4. The van der Waals surface area contributed by atoms with Gasteiger partial charge >= 0.3 is 0 Å². The van der Waals surface area contributed by atoms with Gasteiger partial charge in [-0.2, -0.15) is 0 Å². The van der Waals surface area contributed by atoms with Crippen molar-refractivity contribution in [3.8, 4) is 0 Å². The summed E-state index contributed by atoms with van der Waals surface area (Å²) in [6.45, 7) is 4.43. The molecule has 1 saturated carbocycles. The van der Waals surface area contributed by atoms with Gasteiger partial charge in [0.1, 0.15) is 0 Å². The van der Waals surface area contributed by atoms with Crippen molar-refractivity contribution in [1.82, 2.24) is 0 Å². The van der Waals surface area contributed by atoms with Crippen molar-refractivity contribution in [1.29, 1.82) is 0 Å². The summed E-state index contributed by atoms with van der Waals surface area (Å²) in [5.41, 5.74) is 0.719. The average Bonchev–Trinajstić information content (AvgIpc) is 2.35. The van der Waals surface area contributed by atoms with Crippen molar-refractivity contribution < 1.29 is 16.8 Å². The smallest absolute Gasteiger partial charge is 0.177 e. The molecule has 1 atom stereocenters. The highest BCUT2D eigenvalue weighted by Crippen LogP contribution is 2.37. The lowest BCUT2D eigenvalue weighted by atomic mass is 9.75. The summed E-state index contributed by atoms with van der Waals surface area (Å²) in [6.07, 6.45) is 6.39. The number of hydrogen-bond acceptors (Lipinski definition) is 5. The first-order valence-electron chi connectivity index (χ1n) is 7.69. The Morgan fingerprint density at radius 3 is 2.26 bits per heavy atom. The van der Waals surface area contributed by atoms with Gasteiger partial charge < -0.3 is 5.32 Å². The van der Waals surface area contributed by atoms with Crippen molar-refractivity contribution in [3.63, 3.8) is 0 Å². The molecular formula is C16H25NO4S2. The van der Waals surface area contributed by atoms with Crippen LogP contribution in [0.4, 0.5) is 5.69 Å². The normalized spacial score (nSPS) is 21.8. The van der Waals surface area contributed by atoms with E-state index in [1.54, 1.807) is 6.07 Å². The van der Waals surface area contributed by atoms with Crippen LogP contribution in [0.25, 0.3) is 0 Å². The molecule has 0 heterocycles. The highest BCUT2D eigenvalue weighted by atomic mass is 32.2. The van der Waals surface area contributed by atoms with Crippen LogP contribution in [0.2, 0.25) is 0 Å². The Morgan fingerprint density at radius 2 is 1.74 bits per heavy atom. The van der Waals surface area contributed by atoms with E-state index >= 15 is 0 Å². The molecule has 5 nitrogen and oxygen atoms in total. The molecule has 0 spiro atoms. The Morgan fingerprint density at radius 1 is 1.09 bits per heavy atom. The van der Waals surface area contributed by atoms with Gasteiger partial charge in [-0.3, -0.25) is 0 Å². The van der Waals surface area contributed by atoms with Gasteiger partial charge in [-0.15, -0.1) is 0 Å². The fourth-order valence-electron chi connectivity index (χ4n) is 3.20. The molecular weight excluding hydrogens is 334 g/mol. The Balaban J connectivity index is 2.39. The molecule has 0 bridgehead atoms. The van der Waals surface area contributed by atoms with Gasteiger partial charge in [0.2, 0.25) is 0 Å². The molecule has 1 unspecified atom stereocenters. The molecule has 1 fully saturated rings. The monoisotopic (exact) mass is 359 g/mol. The largest absolute Gasteiger partial charge is 0.381 e. The molecule has 1 aromatic rings. The van der Waals surface area contributed by atoms with Gasteiger partial charge in [0.25, 0.3) is 0 Å². The first-order valence-corrected chi connectivity index (χ1v) is 11.5. The van der Waals surface area contributed by atoms with Crippen LogP contribution < -0.4 is 5.32 Å². The van der Waals surface area contributed by atoms with E-state index in [-0.39, 0.29) is 21.2 Å². The fraction of sp³-hybridized carbons (Fsp3) is 0.625. The maximum Gasteiger partial charge on any atom is 0.177 e. The number of hydrogen-bond donors (Lipinski definition) is 1. The number of rotatable bonds is 4. The third kappa shape index (κ3) is 4.70. The number of anilines is 1. The highest BCUT2D eigenvalue weighted by Gasteiger charge is 2.29. The van der Waals surface area contributed by atoms with E-state index in [0.29, 0.717) is 5.69 Å². The maximum absolute atomic E-state index is 12.1. The molecule has 130 valence electrons. The van der Waals surface area contributed by atoms with Gasteiger partial charge in [-0.05, 0) is 42.9 Å². The first kappa shape index (κ1) is 18.3. The van der Waals surface area contributed by atoms with Gasteiger partial charge in [0.05, 0.1) is 15.5 Å². The second kappa shape index (κ2) is 6.09. The molecule has 0 aliphatic heterocycles. The third-order valence-corrected chi connectivity index (χ3v) is 6.59. The Bertz CT molecular complexity index is 795. The van der Waals surface area contributed by atoms with Gasteiger partial charge in [0.15, 0.2) is 19.7 Å². The number of nitrogens with one attached hydrogen (secondary N) is 1. The van der Waals surface area contributed by atoms with Crippen LogP contribution in [0.3, 0.4) is 0 Å². The maximum atomic E-state index is 12.1. The number of benzene rings is 1. The summed E-state index contributed by atoms with van der Waals surface area (Å²) >= 11 is 0. The zero-order valence-corrected chi connectivity index (χ0v) is 15.7. The fourth-order valence-corrected chi connectivity index (χ4v) is 4.79. The second-order valence-corrected chi connectivity index (χ2v) is 11.3. The van der Waals surface area contributed by atoms with Crippen LogP contribution in [0, 0.1) is 5.41 Å². The Hall–Kier alpha value is -1.08. The molecule has 1 aromatic carbocycles. The number of sulfone groups is 2. The van der Waals surface area contributed by atoms with E-state index in [0.717, 1.165) is 38.2 Å². The molecule has 0 amide bonds. The van der Waals surface area contributed by atoms with Gasteiger partial charge in [-0.25, -0.2) is 16.8 Å². The third-order valence-electron chi connectivity index (χ3n) is 4.35. The van der Waals surface area contributed by atoms with Crippen molar-refractivity contribution in [2.24, 2.45) is 5.41 Å². The molecule has 0 radical (unpaired) electrons. The molecule has 2 rings (SSSR count). The van der Waals surface area contributed by atoms with Crippen molar-refractivity contribution >= 4 is 25.4 Å². The van der Waals surface area contributed by atoms with Crippen molar-refractivity contribution in [2.45, 2.75) is 55.4 Å². The van der Waals surface area contributed by atoms with E-state index in [1.807, 2.05) is 0 Å². The summed E-state index contributed by atoms with van der Waals surface area (Å²) in [5.74, 6) is 0. The standard InChI is InChI=1S/C16H25NO4S2/c1-16(2)9-5-6-12(11-16)17-14-8-7-13(22(3,18)19)10-15(14)23(4,20)21/h7-8,10,12,17H,5-6,9,11H2,1-4H3. The summed E-state index contributed by atoms with van der Waals surface area (Å²) in [4.78, 5) is 0.0660. The molecule has 7 heteroatoms. The zero-order chi connectivity index (χ0) is 17.5. The van der Waals surface area contributed by atoms with Crippen LogP contribution in [0.15, 0.2) is 28.0 Å². The quantitative estimate of drug-likeness (QED) is 0.894. The summed E-state index contributed by atoms with van der Waals surface area (Å²) in [6, 6.07) is 4.47. The van der Waals surface area contributed by atoms with E-state index in [2.05, 4.69) is 19.2 Å². The summed E-state index contributed by atoms with van der Waals surface area (Å²) in [7, 11) is -6.97. The van der Waals surface area contributed by atoms with Crippen LogP contribution in [0.5, 0.6) is 0 Å². The lowest BCUT2D eigenvalue weighted by molar-refractivity contribution is 0.229. The topological polar surface area (TPSA) is 80.3 Å².